The van der Waals surface area contributed by atoms with Gasteiger partial charge in [-0.2, -0.15) is 0 Å². The molecule has 2 aliphatic rings. The van der Waals surface area contributed by atoms with Crippen LogP contribution < -0.4 is 15.5 Å². The van der Waals surface area contributed by atoms with Crippen molar-refractivity contribution in [2.24, 2.45) is 4.99 Å². The van der Waals surface area contributed by atoms with Gasteiger partial charge in [-0.1, -0.05) is 0 Å². The molecule has 0 fully saturated rings. The van der Waals surface area contributed by atoms with Crippen molar-refractivity contribution in [3.05, 3.63) is 65.0 Å². The Labute approximate surface area is 185 Å². The second-order valence-corrected chi connectivity index (χ2v) is 7.65. The van der Waals surface area contributed by atoms with Crippen molar-refractivity contribution in [3.8, 4) is 0 Å². The van der Waals surface area contributed by atoms with Gasteiger partial charge in [-0.05, 0) is 49.6 Å². The van der Waals surface area contributed by atoms with Gasteiger partial charge < -0.3 is 15.5 Å². The maximum atomic E-state index is 13.1. The van der Waals surface area contributed by atoms with Crippen LogP contribution in [0.3, 0.4) is 0 Å². The molecule has 0 unspecified atom stereocenters. The minimum atomic E-state index is -0.355. The molecule has 4 rings (SSSR count). The van der Waals surface area contributed by atoms with E-state index in [0.29, 0.717) is 34.3 Å². The summed E-state index contributed by atoms with van der Waals surface area (Å²) in [7, 11) is 3.59. The number of rotatable bonds is 6. The van der Waals surface area contributed by atoms with Crippen molar-refractivity contribution >= 4 is 35.0 Å². The number of likely N-dealkylation sites (N-methyl/N-ethyl adjacent to an activating group) is 1. The molecule has 2 heterocycles. The number of carbonyl (C=O) groups is 1. The van der Waals surface area contributed by atoms with Gasteiger partial charge in [-0.25, -0.2) is 14.4 Å². The zero-order chi connectivity index (χ0) is 22.7. The van der Waals surface area contributed by atoms with E-state index in [2.05, 4.69) is 15.6 Å². The van der Waals surface area contributed by atoms with Gasteiger partial charge in [0.25, 0.3) is 0 Å². The Morgan fingerprint density at radius 2 is 2.03 bits per heavy atom. The molecule has 1 aliphatic carbocycles. The SMILES string of the molecule is CN/C=C1/C=C(c2nc3c(c(N(C)CC(=O)Nc4ccc(F)cc4)n2)CCC3)N=CC1=N. The number of hydrogen-bond donors (Lipinski definition) is 3. The molecule has 1 amide bonds. The highest BCUT2D eigenvalue weighted by atomic mass is 19.1. The third-order valence-corrected chi connectivity index (χ3v) is 5.25. The van der Waals surface area contributed by atoms with Crippen LogP contribution in [-0.2, 0) is 17.6 Å². The molecule has 32 heavy (non-hydrogen) atoms. The normalized spacial score (nSPS) is 16.0. The molecule has 0 bridgehead atoms. The van der Waals surface area contributed by atoms with Crippen LogP contribution >= 0.6 is 0 Å². The second kappa shape index (κ2) is 9.09. The molecule has 0 atom stereocenters. The van der Waals surface area contributed by atoms with Gasteiger partial charge >= 0.3 is 0 Å². The fraction of sp³-hybridized carbons (Fsp3) is 0.261. The zero-order valence-electron chi connectivity index (χ0n) is 17.9. The zero-order valence-corrected chi connectivity index (χ0v) is 17.9. The van der Waals surface area contributed by atoms with Crippen molar-refractivity contribution in [2.75, 3.05) is 30.9 Å². The van der Waals surface area contributed by atoms with Gasteiger partial charge in [-0.3, -0.25) is 15.2 Å². The lowest BCUT2D eigenvalue weighted by Crippen LogP contribution is -2.31. The number of benzene rings is 1. The first-order valence-corrected chi connectivity index (χ1v) is 10.3. The van der Waals surface area contributed by atoms with Gasteiger partial charge in [0, 0.05) is 42.8 Å². The van der Waals surface area contributed by atoms with Crippen molar-refractivity contribution in [2.45, 2.75) is 19.3 Å². The number of halogens is 1. The second-order valence-electron chi connectivity index (χ2n) is 7.65. The van der Waals surface area contributed by atoms with E-state index in [-0.39, 0.29) is 18.3 Å². The summed E-state index contributed by atoms with van der Waals surface area (Å²) >= 11 is 0. The Kier molecular flexibility index (Phi) is 6.07. The number of aryl methyl sites for hydroxylation is 1. The average molecular weight is 433 g/mol. The number of allylic oxidation sites excluding steroid dienone is 2. The lowest BCUT2D eigenvalue weighted by Gasteiger charge is -2.21. The molecular weight excluding hydrogens is 409 g/mol. The molecule has 1 aromatic heterocycles. The topological polar surface area (TPSA) is 106 Å². The van der Waals surface area contributed by atoms with Crippen LogP contribution in [0.2, 0.25) is 0 Å². The first kappa shape index (κ1) is 21.4. The lowest BCUT2D eigenvalue weighted by atomic mass is 10.1. The largest absolute Gasteiger partial charge is 0.393 e. The molecule has 9 heteroatoms. The molecule has 0 saturated carbocycles. The highest BCUT2D eigenvalue weighted by Gasteiger charge is 2.24. The molecule has 2 aromatic rings. The van der Waals surface area contributed by atoms with E-state index in [4.69, 9.17) is 15.4 Å². The number of amides is 1. The molecule has 1 aliphatic heterocycles. The van der Waals surface area contributed by atoms with E-state index in [9.17, 15) is 9.18 Å². The lowest BCUT2D eigenvalue weighted by molar-refractivity contribution is -0.114. The van der Waals surface area contributed by atoms with Gasteiger partial charge in [0.2, 0.25) is 5.91 Å². The Hall–Kier alpha value is -3.88. The van der Waals surface area contributed by atoms with Crippen LogP contribution in [0.1, 0.15) is 23.5 Å². The Bertz CT molecular complexity index is 1150. The highest BCUT2D eigenvalue weighted by Crippen LogP contribution is 2.31. The van der Waals surface area contributed by atoms with Crippen molar-refractivity contribution in [1.82, 2.24) is 15.3 Å². The highest BCUT2D eigenvalue weighted by molar-refractivity contribution is 6.39. The predicted molar refractivity (Wildman–Crippen MR) is 124 cm³/mol. The van der Waals surface area contributed by atoms with Gasteiger partial charge in [0.05, 0.1) is 18.5 Å². The molecule has 0 spiro atoms. The molecule has 0 saturated heterocycles. The predicted octanol–water partition coefficient (Wildman–Crippen LogP) is 2.73. The smallest absolute Gasteiger partial charge is 0.243 e. The van der Waals surface area contributed by atoms with Crippen LogP contribution in [0.25, 0.3) is 5.70 Å². The number of carbonyl (C=O) groups excluding carboxylic acids is 1. The van der Waals surface area contributed by atoms with Gasteiger partial charge in [0.15, 0.2) is 5.82 Å². The first-order chi connectivity index (χ1) is 15.4. The summed E-state index contributed by atoms with van der Waals surface area (Å²) in [6, 6.07) is 5.65. The Morgan fingerprint density at radius 3 is 2.78 bits per heavy atom. The summed E-state index contributed by atoms with van der Waals surface area (Å²) in [4.78, 5) is 28.2. The number of nitrogens with one attached hydrogen (secondary N) is 3. The Morgan fingerprint density at radius 1 is 1.25 bits per heavy atom. The summed E-state index contributed by atoms with van der Waals surface area (Å²) in [5, 5.41) is 13.7. The van der Waals surface area contributed by atoms with Crippen molar-refractivity contribution < 1.29 is 9.18 Å². The van der Waals surface area contributed by atoms with E-state index < -0.39 is 0 Å². The van der Waals surface area contributed by atoms with Gasteiger partial charge in [0.1, 0.15) is 17.3 Å². The van der Waals surface area contributed by atoms with E-state index in [1.807, 2.05) is 7.05 Å². The quantitative estimate of drug-likeness (QED) is 0.650. The van der Waals surface area contributed by atoms with Gasteiger partial charge in [-0.15, -0.1) is 0 Å². The number of aliphatic imine (C=N–C) groups is 1. The van der Waals surface area contributed by atoms with Crippen molar-refractivity contribution in [1.29, 1.82) is 5.41 Å². The summed E-state index contributed by atoms with van der Waals surface area (Å²) in [5.74, 6) is 0.588. The molecule has 164 valence electrons. The average Bonchev–Trinajstić information content (AvgIpc) is 3.25. The minimum absolute atomic E-state index is 0.0815. The first-order valence-electron chi connectivity index (χ1n) is 10.3. The summed E-state index contributed by atoms with van der Waals surface area (Å²) < 4.78 is 13.1. The summed E-state index contributed by atoms with van der Waals surface area (Å²) in [6.45, 7) is 0.0815. The van der Waals surface area contributed by atoms with Crippen LogP contribution in [0.15, 0.2) is 47.1 Å². The van der Waals surface area contributed by atoms with Crippen LogP contribution in [-0.4, -0.2) is 48.4 Å². The van der Waals surface area contributed by atoms with E-state index in [0.717, 1.165) is 30.5 Å². The van der Waals surface area contributed by atoms with Crippen LogP contribution in [0, 0.1) is 11.2 Å². The van der Waals surface area contributed by atoms with Crippen LogP contribution in [0.4, 0.5) is 15.9 Å². The van der Waals surface area contributed by atoms with Crippen LogP contribution in [0.5, 0.6) is 0 Å². The number of fused-ring (bicyclic) bond motifs is 1. The molecular formula is C23H24FN7O. The maximum absolute atomic E-state index is 13.1. The third-order valence-electron chi connectivity index (χ3n) is 5.25. The fourth-order valence-corrected chi connectivity index (χ4v) is 3.74. The minimum Gasteiger partial charge on any atom is -0.393 e. The molecule has 8 nitrogen and oxygen atoms in total. The fourth-order valence-electron chi connectivity index (χ4n) is 3.74. The number of aromatic nitrogens is 2. The van der Waals surface area contributed by atoms with E-state index in [1.54, 1.807) is 24.2 Å². The summed E-state index contributed by atoms with van der Waals surface area (Å²) in [5.41, 5.74) is 4.11. The molecule has 1 aromatic carbocycles. The van der Waals surface area contributed by atoms with E-state index in [1.165, 1.54) is 30.5 Å². The monoisotopic (exact) mass is 433 g/mol. The number of hydrogen-bond acceptors (Lipinski definition) is 7. The maximum Gasteiger partial charge on any atom is 0.243 e. The summed E-state index contributed by atoms with van der Waals surface area (Å²) in [6.07, 6.45) is 7.67. The molecule has 0 radical (unpaired) electrons. The molecule has 3 N–H and O–H groups in total. The third kappa shape index (κ3) is 4.56. The number of nitrogens with zero attached hydrogens (tertiary/aromatic N) is 4. The van der Waals surface area contributed by atoms with E-state index >= 15 is 0 Å². The number of anilines is 2. The standard InChI is InChI=1S/C23H24FN7O/c1-26-11-14-10-20(27-12-18(14)25)22-29-19-5-3-4-17(19)23(30-22)31(2)13-21(32)28-16-8-6-15(24)7-9-16/h6-12,25-26H,3-5,13H2,1-2H3,(H,28,32)/b14-11-,25-18?. The Balaban J connectivity index is 1.59. The van der Waals surface area contributed by atoms with Crippen molar-refractivity contribution in [3.63, 3.8) is 0 Å².